The highest BCUT2D eigenvalue weighted by molar-refractivity contribution is 6.00. The number of hydrogen-bond donors (Lipinski definition) is 3. The number of benzene rings is 1. The number of halogens is 2. The van der Waals surface area contributed by atoms with Gasteiger partial charge in [-0.2, -0.15) is 0 Å². The standard InChI is InChI=1S/C13H14F2N2O3/c14-8-2-1-7(5-9(8)15)11(18)6-16-10-3-4-12(19)17-13(10)20/h1-2,5,10-11,16,18H,3-4,6H2,(H,17,19,20). The fourth-order valence-electron chi connectivity index (χ4n) is 1.98. The Hall–Kier alpha value is -1.86. The maximum absolute atomic E-state index is 13.0. The molecule has 1 aliphatic rings. The maximum Gasteiger partial charge on any atom is 0.243 e. The molecule has 1 heterocycles. The molecule has 0 bridgehead atoms. The van der Waals surface area contributed by atoms with Crippen molar-refractivity contribution >= 4 is 11.8 Å². The predicted molar refractivity (Wildman–Crippen MR) is 65.5 cm³/mol. The van der Waals surface area contributed by atoms with Gasteiger partial charge in [-0.1, -0.05) is 6.07 Å². The van der Waals surface area contributed by atoms with Crippen molar-refractivity contribution in [1.29, 1.82) is 0 Å². The molecule has 1 saturated heterocycles. The number of piperidine rings is 1. The Balaban J connectivity index is 1.91. The van der Waals surface area contributed by atoms with Crippen molar-refractivity contribution in [1.82, 2.24) is 10.6 Å². The Morgan fingerprint density at radius 1 is 1.35 bits per heavy atom. The van der Waals surface area contributed by atoms with Gasteiger partial charge in [0.05, 0.1) is 12.1 Å². The second-order valence-corrected chi connectivity index (χ2v) is 4.60. The molecule has 1 aliphatic heterocycles. The molecule has 1 aromatic rings. The number of hydrogen-bond acceptors (Lipinski definition) is 4. The Kier molecular flexibility index (Phi) is 4.41. The van der Waals surface area contributed by atoms with Crippen molar-refractivity contribution in [3.63, 3.8) is 0 Å². The molecule has 7 heteroatoms. The molecular weight excluding hydrogens is 270 g/mol. The first-order chi connectivity index (χ1) is 9.47. The molecule has 0 saturated carbocycles. The van der Waals surface area contributed by atoms with Crippen molar-refractivity contribution in [2.45, 2.75) is 25.0 Å². The van der Waals surface area contributed by atoms with Crippen LogP contribution >= 0.6 is 0 Å². The monoisotopic (exact) mass is 284 g/mol. The lowest BCUT2D eigenvalue weighted by Gasteiger charge is -2.23. The summed E-state index contributed by atoms with van der Waals surface area (Å²) in [6.07, 6.45) is -0.504. The second-order valence-electron chi connectivity index (χ2n) is 4.60. The highest BCUT2D eigenvalue weighted by Gasteiger charge is 2.26. The minimum absolute atomic E-state index is 0.00263. The van der Waals surface area contributed by atoms with Gasteiger partial charge in [0.15, 0.2) is 11.6 Å². The quantitative estimate of drug-likeness (QED) is 0.699. The fraction of sp³-hybridized carbons (Fsp3) is 0.385. The molecule has 20 heavy (non-hydrogen) atoms. The number of carbonyl (C=O) groups excluding carboxylic acids is 2. The van der Waals surface area contributed by atoms with Crippen LogP contribution in [0.5, 0.6) is 0 Å². The van der Waals surface area contributed by atoms with Crippen LogP contribution in [0.2, 0.25) is 0 Å². The number of carbonyl (C=O) groups is 2. The normalized spacial score (nSPS) is 20.6. The van der Waals surface area contributed by atoms with Gasteiger partial charge in [0.25, 0.3) is 0 Å². The molecule has 2 unspecified atom stereocenters. The number of rotatable bonds is 4. The van der Waals surface area contributed by atoms with Crippen LogP contribution in [0.4, 0.5) is 8.78 Å². The summed E-state index contributed by atoms with van der Waals surface area (Å²) in [5.74, 6) is -2.80. The van der Waals surface area contributed by atoms with Gasteiger partial charge in [0, 0.05) is 13.0 Å². The van der Waals surface area contributed by atoms with Gasteiger partial charge >= 0.3 is 0 Å². The summed E-state index contributed by atoms with van der Waals surface area (Å²) >= 11 is 0. The molecule has 0 aromatic heterocycles. The first-order valence-corrected chi connectivity index (χ1v) is 6.17. The summed E-state index contributed by atoms with van der Waals surface area (Å²) in [6, 6.07) is 2.54. The van der Waals surface area contributed by atoms with Crippen LogP contribution in [0.15, 0.2) is 18.2 Å². The van der Waals surface area contributed by atoms with E-state index in [-0.39, 0.29) is 24.4 Å². The van der Waals surface area contributed by atoms with Crippen molar-refractivity contribution in [3.8, 4) is 0 Å². The van der Waals surface area contributed by atoms with Crippen LogP contribution in [0.3, 0.4) is 0 Å². The third-order valence-electron chi connectivity index (χ3n) is 3.13. The van der Waals surface area contributed by atoms with E-state index in [2.05, 4.69) is 10.6 Å². The average molecular weight is 284 g/mol. The van der Waals surface area contributed by atoms with Gasteiger partial charge in [0.2, 0.25) is 11.8 Å². The van der Waals surface area contributed by atoms with Crippen LogP contribution in [0, 0.1) is 11.6 Å². The SMILES string of the molecule is O=C1CCC(NCC(O)c2ccc(F)c(F)c2)C(=O)N1. The number of aliphatic hydroxyl groups excluding tert-OH is 1. The first-order valence-electron chi connectivity index (χ1n) is 6.17. The van der Waals surface area contributed by atoms with Crippen LogP contribution in [0.25, 0.3) is 0 Å². The van der Waals surface area contributed by atoms with E-state index in [9.17, 15) is 23.5 Å². The van der Waals surface area contributed by atoms with E-state index in [1.54, 1.807) is 0 Å². The van der Waals surface area contributed by atoms with Gasteiger partial charge in [-0.3, -0.25) is 14.9 Å². The molecule has 1 aromatic carbocycles. The number of nitrogens with one attached hydrogen (secondary N) is 2. The zero-order valence-corrected chi connectivity index (χ0v) is 10.5. The van der Waals surface area contributed by atoms with Gasteiger partial charge in [-0.15, -0.1) is 0 Å². The van der Waals surface area contributed by atoms with E-state index >= 15 is 0 Å². The summed E-state index contributed by atoms with van der Waals surface area (Å²) in [6.45, 7) is -0.00263. The fourth-order valence-corrected chi connectivity index (χ4v) is 1.98. The van der Waals surface area contributed by atoms with Crippen LogP contribution in [0.1, 0.15) is 24.5 Å². The van der Waals surface area contributed by atoms with E-state index in [0.717, 1.165) is 12.1 Å². The molecule has 2 amide bonds. The van der Waals surface area contributed by atoms with Gasteiger partial charge < -0.3 is 10.4 Å². The Morgan fingerprint density at radius 3 is 2.75 bits per heavy atom. The molecule has 0 aliphatic carbocycles. The van der Waals surface area contributed by atoms with Gasteiger partial charge in [0.1, 0.15) is 0 Å². The Bertz CT molecular complexity index is 536. The topological polar surface area (TPSA) is 78.4 Å². The molecule has 5 nitrogen and oxygen atoms in total. The number of amides is 2. The summed E-state index contributed by atoms with van der Waals surface area (Å²) in [5.41, 5.74) is 0.212. The van der Waals surface area contributed by atoms with E-state index < -0.39 is 29.7 Å². The third-order valence-corrected chi connectivity index (χ3v) is 3.13. The molecule has 0 spiro atoms. The van der Waals surface area contributed by atoms with E-state index in [4.69, 9.17) is 0 Å². The van der Waals surface area contributed by atoms with E-state index in [1.165, 1.54) is 6.07 Å². The number of aliphatic hydroxyl groups is 1. The van der Waals surface area contributed by atoms with Crippen molar-refractivity contribution < 1.29 is 23.5 Å². The zero-order chi connectivity index (χ0) is 14.7. The van der Waals surface area contributed by atoms with Crippen molar-refractivity contribution in [3.05, 3.63) is 35.4 Å². The minimum Gasteiger partial charge on any atom is -0.387 e. The number of imide groups is 1. The smallest absolute Gasteiger partial charge is 0.243 e. The van der Waals surface area contributed by atoms with E-state index in [1.807, 2.05) is 0 Å². The largest absolute Gasteiger partial charge is 0.387 e. The summed E-state index contributed by atoms with van der Waals surface area (Å²) in [4.78, 5) is 22.4. The lowest BCUT2D eigenvalue weighted by Crippen LogP contribution is -2.51. The van der Waals surface area contributed by atoms with Crippen molar-refractivity contribution in [2.75, 3.05) is 6.54 Å². The maximum atomic E-state index is 13.0. The molecule has 0 radical (unpaired) electrons. The second kappa shape index (κ2) is 6.06. The third kappa shape index (κ3) is 3.37. The van der Waals surface area contributed by atoms with Crippen LogP contribution in [-0.4, -0.2) is 29.5 Å². The molecule has 2 rings (SSSR count). The lowest BCUT2D eigenvalue weighted by atomic mass is 10.0. The van der Waals surface area contributed by atoms with Gasteiger partial charge in [-0.05, 0) is 24.1 Å². The molecular formula is C13H14F2N2O3. The zero-order valence-electron chi connectivity index (χ0n) is 10.5. The Morgan fingerprint density at radius 2 is 2.10 bits per heavy atom. The molecule has 108 valence electrons. The highest BCUT2D eigenvalue weighted by Crippen LogP contribution is 2.16. The summed E-state index contributed by atoms with van der Waals surface area (Å²) < 4.78 is 25.8. The molecule has 2 atom stereocenters. The first kappa shape index (κ1) is 14.5. The lowest BCUT2D eigenvalue weighted by molar-refractivity contribution is -0.134. The van der Waals surface area contributed by atoms with Crippen molar-refractivity contribution in [2.24, 2.45) is 0 Å². The molecule has 3 N–H and O–H groups in total. The Labute approximate surface area is 114 Å². The minimum atomic E-state index is -1.07. The van der Waals surface area contributed by atoms with Crippen LogP contribution in [-0.2, 0) is 9.59 Å². The summed E-state index contributed by atoms with van der Waals surface area (Å²) in [5, 5.41) is 14.8. The predicted octanol–water partition coefficient (Wildman–Crippen LogP) is 0.393. The highest BCUT2D eigenvalue weighted by atomic mass is 19.2. The van der Waals surface area contributed by atoms with Crippen LogP contribution < -0.4 is 10.6 Å². The molecule has 1 fully saturated rings. The summed E-state index contributed by atoms with van der Waals surface area (Å²) in [7, 11) is 0. The van der Waals surface area contributed by atoms with Gasteiger partial charge in [-0.25, -0.2) is 8.78 Å². The average Bonchev–Trinajstić information content (AvgIpc) is 2.40. The van der Waals surface area contributed by atoms with E-state index in [0.29, 0.717) is 6.42 Å².